The Kier molecular flexibility index (Phi) is 2.10. The predicted molar refractivity (Wildman–Crippen MR) is 69.3 cm³/mol. The smallest absolute Gasteiger partial charge is 0.0354 e. The van der Waals surface area contributed by atoms with Gasteiger partial charge < -0.3 is 0 Å². The molecule has 1 unspecified atom stereocenters. The highest BCUT2D eigenvalue weighted by Gasteiger charge is 2.36. The number of benzene rings is 1. The van der Waals surface area contributed by atoms with Crippen molar-refractivity contribution in [3.63, 3.8) is 0 Å². The summed E-state index contributed by atoms with van der Waals surface area (Å²) in [5, 5.41) is 0. The molecular formula is C16H16. The monoisotopic (exact) mass is 208 g/mol. The average Bonchev–Trinajstić information content (AvgIpc) is 2.97. The van der Waals surface area contributed by atoms with Gasteiger partial charge in [-0.05, 0) is 24.0 Å². The minimum atomic E-state index is 0.167. The lowest BCUT2D eigenvalue weighted by Gasteiger charge is -2.30. The largest absolute Gasteiger partial charge is 0.0804 e. The fourth-order valence-corrected chi connectivity index (χ4v) is 2.96. The Morgan fingerprint density at radius 3 is 2.88 bits per heavy atom. The molecule has 2 aliphatic carbocycles. The molecule has 0 radical (unpaired) electrons. The van der Waals surface area contributed by atoms with Gasteiger partial charge in [-0.25, -0.2) is 0 Å². The summed E-state index contributed by atoms with van der Waals surface area (Å²) in [5.41, 5.74) is 4.57. The van der Waals surface area contributed by atoms with Crippen molar-refractivity contribution in [1.29, 1.82) is 0 Å². The van der Waals surface area contributed by atoms with Crippen LogP contribution in [0.3, 0.4) is 0 Å². The molecule has 0 nitrogen and oxygen atoms in total. The lowest BCUT2D eigenvalue weighted by Crippen LogP contribution is -2.23. The second kappa shape index (κ2) is 3.48. The number of rotatable bonds is 2. The first-order chi connectivity index (χ1) is 7.87. The number of hydrogen-bond acceptors (Lipinski definition) is 0. The highest BCUT2D eigenvalue weighted by atomic mass is 14.4. The van der Waals surface area contributed by atoms with E-state index in [1.54, 1.807) is 0 Å². The van der Waals surface area contributed by atoms with Crippen molar-refractivity contribution in [1.82, 2.24) is 0 Å². The van der Waals surface area contributed by atoms with E-state index in [0.29, 0.717) is 0 Å². The van der Waals surface area contributed by atoms with Crippen LogP contribution in [0.4, 0.5) is 0 Å². The van der Waals surface area contributed by atoms with Crippen molar-refractivity contribution < 1.29 is 0 Å². The van der Waals surface area contributed by atoms with Crippen LogP contribution in [-0.2, 0) is 5.41 Å². The first kappa shape index (κ1) is 9.65. The zero-order valence-corrected chi connectivity index (χ0v) is 9.61. The molecule has 0 spiro atoms. The molecule has 0 aromatic heterocycles. The van der Waals surface area contributed by atoms with E-state index in [0.717, 1.165) is 12.8 Å². The first-order valence-electron chi connectivity index (χ1n) is 6.02. The van der Waals surface area contributed by atoms with Crippen LogP contribution in [0.15, 0.2) is 54.1 Å². The molecule has 1 aromatic rings. The van der Waals surface area contributed by atoms with Crippen LogP contribution in [-0.4, -0.2) is 0 Å². The Morgan fingerprint density at radius 2 is 2.12 bits per heavy atom. The van der Waals surface area contributed by atoms with Gasteiger partial charge in [0.1, 0.15) is 0 Å². The van der Waals surface area contributed by atoms with Crippen molar-refractivity contribution >= 4 is 6.08 Å². The second-order valence-corrected chi connectivity index (χ2v) is 4.57. The fraction of sp³-hybridized carbons (Fsp3) is 0.250. The van der Waals surface area contributed by atoms with E-state index in [1.807, 2.05) is 0 Å². The summed E-state index contributed by atoms with van der Waals surface area (Å²) in [5.74, 6) is 0. The van der Waals surface area contributed by atoms with Gasteiger partial charge >= 0.3 is 0 Å². The minimum Gasteiger partial charge on any atom is -0.0804 e. The molecule has 3 rings (SSSR count). The van der Waals surface area contributed by atoms with Crippen LogP contribution < -0.4 is 0 Å². The van der Waals surface area contributed by atoms with Crippen LogP contribution in [0.5, 0.6) is 0 Å². The summed E-state index contributed by atoms with van der Waals surface area (Å²) in [6.45, 7) is 2.28. The first-order valence-corrected chi connectivity index (χ1v) is 6.02. The van der Waals surface area contributed by atoms with Gasteiger partial charge in [-0.2, -0.15) is 0 Å². The summed E-state index contributed by atoms with van der Waals surface area (Å²) in [6, 6.07) is 8.76. The van der Waals surface area contributed by atoms with Gasteiger partial charge in [-0.3, -0.25) is 0 Å². The Balaban J connectivity index is 2.15. The van der Waals surface area contributed by atoms with Gasteiger partial charge in [0.25, 0.3) is 0 Å². The Labute approximate surface area is 97.0 Å². The second-order valence-electron chi connectivity index (χ2n) is 4.57. The minimum absolute atomic E-state index is 0.167. The molecule has 0 saturated heterocycles. The number of hydrogen-bond donors (Lipinski definition) is 0. The molecule has 1 aromatic carbocycles. The van der Waals surface area contributed by atoms with E-state index in [-0.39, 0.29) is 5.41 Å². The molecule has 0 fully saturated rings. The highest BCUT2D eigenvalue weighted by Crippen LogP contribution is 2.46. The van der Waals surface area contributed by atoms with E-state index < -0.39 is 0 Å². The van der Waals surface area contributed by atoms with Gasteiger partial charge in [-0.1, -0.05) is 67.1 Å². The molecular weight excluding hydrogens is 192 g/mol. The zero-order valence-electron chi connectivity index (χ0n) is 9.61. The number of allylic oxidation sites excluding steroid dienone is 5. The summed E-state index contributed by atoms with van der Waals surface area (Å²) in [7, 11) is 0. The van der Waals surface area contributed by atoms with Crippen molar-refractivity contribution in [2.24, 2.45) is 0 Å². The summed E-state index contributed by atoms with van der Waals surface area (Å²) >= 11 is 0. The Hall–Kier alpha value is -1.56. The van der Waals surface area contributed by atoms with Crippen LogP contribution in [0.1, 0.15) is 30.9 Å². The third-order valence-electron chi connectivity index (χ3n) is 3.89. The van der Waals surface area contributed by atoms with Crippen LogP contribution >= 0.6 is 0 Å². The molecule has 2 aliphatic rings. The third-order valence-corrected chi connectivity index (χ3v) is 3.89. The van der Waals surface area contributed by atoms with Crippen LogP contribution in [0, 0.1) is 0 Å². The quantitative estimate of drug-likeness (QED) is 0.681. The lowest BCUT2D eigenvalue weighted by molar-refractivity contribution is 0.604. The molecule has 0 amide bonds. The average molecular weight is 208 g/mol. The van der Waals surface area contributed by atoms with E-state index in [2.05, 4.69) is 61.6 Å². The SMILES string of the molecule is CCC1(C2=CC=CC2)C=Cc2ccccc21. The molecule has 1 atom stereocenters. The fourth-order valence-electron chi connectivity index (χ4n) is 2.96. The normalized spacial score (nSPS) is 25.9. The summed E-state index contributed by atoms with van der Waals surface area (Å²) in [4.78, 5) is 0. The van der Waals surface area contributed by atoms with Crippen molar-refractivity contribution in [3.05, 3.63) is 65.3 Å². The van der Waals surface area contributed by atoms with Crippen molar-refractivity contribution in [3.8, 4) is 0 Å². The lowest BCUT2D eigenvalue weighted by atomic mass is 9.73. The molecule has 0 N–H and O–H groups in total. The maximum Gasteiger partial charge on any atom is 0.0354 e. The van der Waals surface area contributed by atoms with E-state index in [1.165, 1.54) is 16.7 Å². The third kappa shape index (κ3) is 1.16. The Morgan fingerprint density at radius 1 is 1.25 bits per heavy atom. The molecule has 0 heterocycles. The molecule has 0 heteroatoms. The summed E-state index contributed by atoms with van der Waals surface area (Å²) in [6.07, 6.45) is 13.6. The van der Waals surface area contributed by atoms with Crippen LogP contribution in [0.2, 0.25) is 0 Å². The van der Waals surface area contributed by atoms with Gasteiger partial charge in [-0.15, -0.1) is 0 Å². The summed E-state index contributed by atoms with van der Waals surface area (Å²) < 4.78 is 0. The topological polar surface area (TPSA) is 0 Å². The highest BCUT2D eigenvalue weighted by molar-refractivity contribution is 5.69. The molecule has 0 bridgehead atoms. The van der Waals surface area contributed by atoms with Crippen LogP contribution in [0.25, 0.3) is 6.08 Å². The number of fused-ring (bicyclic) bond motifs is 1. The van der Waals surface area contributed by atoms with Crippen molar-refractivity contribution in [2.75, 3.05) is 0 Å². The zero-order chi connectivity index (χ0) is 11.0. The predicted octanol–water partition coefficient (Wildman–Crippen LogP) is 4.25. The van der Waals surface area contributed by atoms with E-state index in [9.17, 15) is 0 Å². The Bertz CT molecular complexity index is 503. The molecule has 16 heavy (non-hydrogen) atoms. The van der Waals surface area contributed by atoms with E-state index >= 15 is 0 Å². The van der Waals surface area contributed by atoms with Gasteiger partial charge in [0.2, 0.25) is 0 Å². The molecule has 80 valence electrons. The standard InChI is InChI=1S/C16H16/c1-2-16(14-8-4-5-9-14)12-11-13-7-3-6-10-15(13)16/h3-8,10-12H,2,9H2,1H3. The van der Waals surface area contributed by atoms with Gasteiger partial charge in [0, 0.05) is 5.41 Å². The van der Waals surface area contributed by atoms with Crippen molar-refractivity contribution in [2.45, 2.75) is 25.2 Å². The van der Waals surface area contributed by atoms with Gasteiger partial charge in [0.15, 0.2) is 0 Å². The molecule has 0 saturated carbocycles. The maximum absolute atomic E-state index is 2.39. The van der Waals surface area contributed by atoms with Gasteiger partial charge in [0.05, 0.1) is 0 Å². The maximum atomic E-state index is 2.39. The molecule has 0 aliphatic heterocycles. The van der Waals surface area contributed by atoms with E-state index in [4.69, 9.17) is 0 Å².